The van der Waals surface area contributed by atoms with Gasteiger partial charge in [-0.05, 0) is 22.6 Å². The van der Waals surface area contributed by atoms with Crippen molar-refractivity contribution >= 4 is 17.2 Å². The minimum atomic E-state index is -0.0231. The summed E-state index contributed by atoms with van der Waals surface area (Å²) in [5, 5.41) is 6.97. The molecule has 0 saturated carbocycles. The maximum absolute atomic E-state index is 5.33. The lowest BCUT2D eigenvalue weighted by Crippen LogP contribution is -2.31. The van der Waals surface area contributed by atoms with Gasteiger partial charge < -0.3 is 15.1 Å². The Morgan fingerprint density at radius 3 is 2.42 bits per heavy atom. The zero-order valence-corrected chi connectivity index (χ0v) is 15.1. The largest absolute Gasteiger partial charge is 0.468 e. The standard InChI is InChI=1S/C22H23N3O/c1-15(2)17-8-10-18(11-9-17)21-22(23-12-16-6-4-3-5-7-16)25-20-14-26-13-19(20)24-21/h3-11,13-15,21,24H,12H2,1-2H3,(H,23,25). The molecule has 4 nitrogen and oxygen atoms in total. The summed E-state index contributed by atoms with van der Waals surface area (Å²) in [4.78, 5) is 4.85. The number of amidine groups is 1. The van der Waals surface area contributed by atoms with Crippen LogP contribution in [0.25, 0.3) is 0 Å². The van der Waals surface area contributed by atoms with Gasteiger partial charge in [0.1, 0.15) is 30.1 Å². The smallest absolute Gasteiger partial charge is 0.129 e. The van der Waals surface area contributed by atoms with Crippen LogP contribution in [0.15, 0.2) is 76.5 Å². The fraction of sp³-hybridized carbons (Fsp3) is 0.227. The topological polar surface area (TPSA) is 49.6 Å². The van der Waals surface area contributed by atoms with Crippen LogP contribution in [0, 0.1) is 0 Å². The molecular formula is C22H23N3O. The molecule has 1 aliphatic heterocycles. The van der Waals surface area contributed by atoms with Crippen LogP contribution in [0.5, 0.6) is 0 Å². The first kappa shape index (κ1) is 16.5. The summed E-state index contributed by atoms with van der Waals surface area (Å²) in [5.41, 5.74) is 5.59. The SMILES string of the molecule is CC(C)c1ccc(C2Nc3cocc3NC2=NCc2ccccc2)cc1. The molecule has 0 fully saturated rings. The Morgan fingerprint density at radius 2 is 1.69 bits per heavy atom. The summed E-state index contributed by atoms with van der Waals surface area (Å²) < 4.78 is 5.33. The van der Waals surface area contributed by atoms with Crippen molar-refractivity contribution in [3.63, 3.8) is 0 Å². The molecule has 0 bridgehead atoms. The molecule has 26 heavy (non-hydrogen) atoms. The second kappa shape index (κ2) is 7.08. The van der Waals surface area contributed by atoms with Gasteiger partial charge in [-0.25, -0.2) is 0 Å². The van der Waals surface area contributed by atoms with Gasteiger partial charge in [-0.3, -0.25) is 4.99 Å². The third-order valence-electron chi connectivity index (χ3n) is 4.71. The van der Waals surface area contributed by atoms with Crippen LogP contribution in [0.1, 0.15) is 42.5 Å². The molecule has 1 unspecified atom stereocenters. The van der Waals surface area contributed by atoms with Crippen LogP contribution in [0.4, 0.5) is 11.4 Å². The molecular weight excluding hydrogens is 322 g/mol. The lowest BCUT2D eigenvalue weighted by atomic mass is 9.97. The lowest BCUT2D eigenvalue weighted by molar-refractivity contribution is 0.569. The highest BCUT2D eigenvalue weighted by molar-refractivity contribution is 6.06. The van der Waals surface area contributed by atoms with Gasteiger partial charge >= 0.3 is 0 Å². The average Bonchev–Trinajstić information content (AvgIpc) is 3.14. The molecule has 1 atom stereocenters. The van der Waals surface area contributed by atoms with Crippen LogP contribution in [-0.2, 0) is 6.54 Å². The average molecular weight is 345 g/mol. The van der Waals surface area contributed by atoms with E-state index in [1.165, 1.54) is 16.7 Å². The summed E-state index contributed by atoms with van der Waals surface area (Å²) in [7, 11) is 0. The van der Waals surface area contributed by atoms with E-state index in [9.17, 15) is 0 Å². The molecule has 4 rings (SSSR count). The molecule has 0 radical (unpaired) electrons. The van der Waals surface area contributed by atoms with E-state index in [1.54, 1.807) is 12.5 Å². The highest BCUT2D eigenvalue weighted by atomic mass is 16.3. The van der Waals surface area contributed by atoms with Crippen molar-refractivity contribution in [1.29, 1.82) is 0 Å². The van der Waals surface area contributed by atoms with Crippen molar-refractivity contribution in [2.24, 2.45) is 4.99 Å². The van der Waals surface area contributed by atoms with Crippen molar-refractivity contribution in [1.82, 2.24) is 0 Å². The summed E-state index contributed by atoms with van der Waals surface area (Å²) in [5.74, 6) is 1.42. The van der Waals surface area contributed by atoms with Crippen molar-refractivity contribution in [3.8, 4) is 0 Å². The van der Waals surface area contributed by atoms with Crippen molar-refractivity contribution < 1.29 is 4.42 Å². The van der Waals surface area contributed by atoms with E-state index in [0.29, 0.717) is 12.5 Å². The highest BCUT2D eigenvalue weighted by Gasteiger charge is 2.26. The third-order valence-corrected chi connectivity index (χ3v) is 4.71. The van der Waals surface area contributed by atoms with E-state index in [-0.39, 0.29) is 6.04 Å². The Labute approximate surface area is 154 Å². The molecule has 0 amide bonds. The molecule has 0 saturated heterocycles. The van der Waals surface area contributed by atoms with Gasteiger partial charge in [0.05, 0.1) is 12.2 Å². The van der Waals surface area contributed by atoms with E-state index in [4.69, 9.17) is 9.41 Å². The monoisotopic (exact) mass is 345 g/mol. The molecule has 4 heteroatoms. The maximum atomic E-state index is 5.33. The number of nitrogens with zero attached hydrogens (tertiary/aromatic N) is 1. The first-order valence-corrected chi connectivity index (χ1v) is 8.98. The van der Waals surface area contributed by atoms with Gasteiger partial charge in [0.15, 0.2) is 0 Å². The quantitative estimate of drug-likeness (QED) is 0.649. The van der Waals surface area contributed by atoms with Crippen molar-refractivity contribution in [2.45, 2.75) is 32.4 Å². The molecule has 0 spiro atoms. The molecule has 1 aliphatic rings. The molecule has 132 valence electrons. The zero-order valence-electron chi connectivity index (χ0n) is 15.1. The second-order valence-corrected chi connectivity index (χ2v) is 6.91. The number of hydrogen-bond acceptors (Lipinski definition) is 3. The zero-order chi connectivity index (χ0) is 17.9. The van der Waals surface area contributed by atoms with E-state index < -0.39 is 0 Å². The van der Waals surface area contributed by atoms with E-state index >= 15 is 0 Å². The molecule has 2 heterocycles. The molecule has 0 aliphatic carbocycles. The summed E-state index contributed by atoms with van der Waals surface area (Å²) >= 11 is 0. The lowest BCUT2D eigenvalue weighted by Gasteiger charge is -2.28. The minimum absolute atomic E-state index is 0.0231. The van der Waals surface area contributed by atoms with Gasteiger partial charge in [-0.1, -0.05) is 68.4 Å². The third kappa shape index (κ3) is 3.36. The van der Waals surface area contributed by atoms with Gasteiger partial charge in [0.25, 0.3) is 0 Å². The van der Waals surface area contributed by atoms with Crippen LogP contribution in [0.3, 0.4) is 0 Å². The first-order valence-electron chi connectivity index (χ1n) is 8.98. The van der Waals surface area contributed by atoms with Crippen molar-refractivity contribution in [3.05, 3.63) is 83.8 Å². The molecule has 3 aromatic rings. The van der Waals surface area contributed by atoms with E-state index in [1.807, 2.05) is 18.2 Å². The predicted molar refractivity (Wildman–Crippen MR) is 107 cm³/mol. The van der Waals surface area contributed by atoms with Crippen LogP contribution in [0.2, 0.25) is 0 Å². The van der Waals surface area contributed by atoms with Crippen LogP contribution >= 0.6 is 0 Å². The minimum Gasteiger partial charge on any atom is -0.468 e. The van der Waals surface area contributed by atoms with Crippen LogP contribution in [-0.4, -0.2) is 5.84 Å². The maximum Gasteiger partial charge on any atom is 0.129 e. The number of aliphatic imine (C=N–C) groups is 1. The van der Waals surface area contributed by atoms with E-state index in [0.717, 1.165) is 17.2 Å². The number of nitrogens with one attached hydrogen (secondary N) is 2. The Hall–Kier alpha value is -3.01. The van der Waals surface area contributed by atoms with E-state index in [2.05, 4.69) is 60.9 Å². The second-order valence-electron chi connectivity index (χ2n) is 6.91. The van der Waals surface area contributed by atoms with Gasteiger partial charge in [0, 0.05) is 0 Å². The number of furan rings is 1. The molecule has 2 aromatic carbocycles. The molecule has 1 aromatic heterocycles. The van der Waals surface area contributed by atoms with Gasteiger partial charge in [-0.2, -0.15) is 0 Å². The summed E-state index contributed by atoms with van der Waals surface area (Å²) in [6.45, 7) is 5.05. The Morgan fingerprint density at radius 1 is 0.962 bits per heavy atom. The molecule has 2 N–H and O–H groups in total. The summed E-state index contributed by atoms with van der Waals surface area (Å²) in [6, 6.07) is 19.0. The normalized spacial score (nSPS) is 17.7. The number of anilines is 2. The Bertz CT molecular complexity index is 895. The number of hydrogen-bond donors (Lipinski definition) is 2. The van der Waals surface area contributed by atoms with Crippen molar-refractivity contribution in [2.75, 3.05) is 10.6 Å². The Kier molecular flexibility index (Phi) is 4.48. The fourth-order valence-corrected chi connectivity index (χ4v) is 3.14. The Balaban J connectivity index is 1.65. The number of fused-ring (bicyclic) bond motifs is 1. The number of benzene rings is 2. The number of rotatable bonds is 4. The van der Waals surface area contributed by atoms with Gasteiger partial charge in [0.2, 0.25) is 0 Å². The van der Waals surface area contributed by atoms with Crippen LogP contribution < -0.4 is 10.6 Å². The predicted octanol–water partition coefficient (Wildman–Crippen LogP) is 5.58. The van der Waals surface area contributed by atoms with Gasteiger partial charge in [-0.15, -0.1) is 0 Å². The first-order chi connectivity index (χ1) is 12.7. The highest BCUT2D eigenvalue weighted by Crippen LogP contribution is 2.34. The fourth-order valence-electron chi connectivity index (χ4n) is 3.14. The summed E-state index contributed by atoms with van der Waals surface area (Å²) in [6.07, 6.45) is 3.43.